The van der Waals surface area contributed by atoms with Gasteiger partial charge in [0, 0.05) is 29.3 Å². The quantitative estimate of drug-likeness (QED) is 0.825. The number of carbonyl (C=O) groups excluding carboxylic acids is 1. The molecule has 122 valence electrons. The van der Waals surface area contributed by atoms with Crippen molar-refractivity contribution in [2.75, 3.05) is 18.4 Å². The molecule has 1 amide bonds. The number of anilines is 1. The molecule has 1 N–H and O–H groups in total. The molecular formula is C17H25BrN2O2. The van der Waals surface area contributed by atoms with E-state index in [-0.39, 0.29) is 6.09 Å². The minimum absolute atomic E-state index is 0.197. The number of rotatable bonds is 2. The molecule has 0 saturated carbocycles. The maximum Gasteiger partial charge on any atom is 0.410 e. The van der Waals surface area contributed by atoms with Gasteiger partial charge in [0.2, 0.25) is 0 Å². The van der Waals surface area contributed by atoms with E-state index in [9.17, 15) is 4.79 Å². The molecule has 1 aromatic rings. The predicted molar refractivity (Wildman–Crippen MR) is 93.2 cm³/mol. The molecular weight excluding hydrogens is 344 g/mol. The first-order chi connectivity index (χ1) is 10.3. The Labute approximate surface area is 141 Å². The second kappa shape index (κ2) is 7.36. The van der Waals surface area contributed by atoms with Gasteiger partial charge < -0.3 is 15.0 Å². The van der Waals surface area contributed by atoms with E-state index in [1.807, 2.05) is 37.8 Å². The van der Waals surface area contributed by atoms with E-state index in [2.05, 4.69) is 33.4 Å². The Bertz CT molecular complexity index is 496. The second-order valence-electron chi connectivity index (χ2n) is 6.75. The van der Waals surface area contributed by atoms with Crippen LogP contribution in [0.15, 0.2) is 28.7 Å². The van der Waals surface area contributed by atoms with Gasteiger partial charge in [0.1, 0.15) is 5.60 Å². The van der Waals surface area contributed by atoms with Gasteiger partial charge in [-0.1, -0.05) is 15.9 Å². The van der Waals surface area contributed by atoms with Crippen molar-refractivity contribution in [3.8, 4) is 0 Å². The average molecular weight is 369 g/mol. The van der Waals surface area contributed by atoms with Crippen molar-refractivity contribution in [2.24, 2.45) is 0 Å². The number of likely N-dealkylation sites (tertiary alicyclic amines) is 1. The van der Waals surface area contributed by atoms with E-state index < -0.39 is 5.60 Å². The fourth-order valence-corrected chi connectivity index (χ4v) is 2.80. The molecule has 22 heavy (non-hydrogen) atoms. The first kappa shape index (κ1) is 17.1. The van der Waals surface area contributed by atoms with Crippen molar-refractivity contribution in [2.45, 2.75) is 51.7 Å². The molecule has 0 aliphatic carbocycles. The number of amides is 1. The van der Waals surface area contributed by atoms with Crippen LogP contribution in [0.25, 0.3) is 0 Å². The molecule has 0 bridgehead atoms. The molecule has 1 aliphatic heterocycles. The van der Waals surface area contributed by atoms with E-state index >= 15 is 0 Å². The van der Waals surface area contributed by atoms with Crippen LogP contribution in [-0.2, 0) is 4.74 Å². The lowest BCUT2D eigenvalue weighted by molar-refractivity contribution is 0.0256. The number of nitrogens with zero attached hydrogens (tertiary/aromatic N) is 1. The van der Waals surface area contributed by atoms with Gasteiger partial charge in [0.25, 0.3) is 0 Å². The standard InChI is InChI=1S/C17H25BrN2O2/c1-17(2,3)22-16(21)20-11-4-5-14(10-12-20)19-15-8-6-13(18)7-9-15/h6-9,14,19H,4-5,10-12H2,1-3H3. The smallest absolute Gasteiger partial charge is 0.410 e. The topological polar surface area (TPSA) is 41.6 Å². The summed E-state index contributed by atoms with van der Waals surface area (Å²) in [7, 11) is 0. The highest BCUT2D eigenvalue weighted by Crippen LogP contribution is 2.20. The number of hydrogen-bond acceptors (Lipinski definition) is 3. The first-order valence-corrected chi connectivity index (χ1v) is 8.63. The summed E-state index contributed by atoms with van der Waals surface area (Å²) >= 11 is 3.44. The van der Waals surface area contributed by atoms with Gasteiger partial charge in [0.05, 0.1) is 0 Å². The van der Waals surface area contributed by atoms with Crippen molar-refractivity contribution < 1.29 is 9.53 Å². The van der Waals surface area contributed by atoms with E-state index in [1.54, 1.807) is 0 Å². The fourth-order valence-electron chi connectivity index (χ4n) is 2.53. The Kier molecular flexibility index (Phi) is 5.73. The summed E-state index contributed by atoms with van der Waals surface area (Å²) in [5.41, 5.74) is 0.692. The number of halogens is 1. The van der Waals surface area contributed by atoms with E-state index in [1.165, 1.54) is 0 Å². The molecule has 1 unspecified atom stereocenters. The molecule has 1 saturated heterocycles. The van der Waals surface area contributed by atoms with Crippen LogP contribution in [0.4, 0.5) is 10.5 Å². The van der Waals surface area contributed by atoms with Crippen LogP contribution < -0.4 is 5.32 Å². The predicted octanol–water partition coefficient (Wildman–Crippen LogP) is 4.65. The molecule has 0 radical (unpaired) electrons. The fraction of sp³-hybridized carbons (Fsp3) is 0.588. The zero-order chi connectivity index (χ0) is 16.2. The largest absolute Gasteiger partial charge is 0.444 e. The number of carbonyl (C=O) groups is 1. The Morgan fingerprint density at radius 3 is 2.55 bits per heavy atom. The van der Waals surface area contributed by atoms with Crippen LogP contribution in [-0.4, -0.2) is 35.7 Å². The molecule has 1 aliphatic rings. The minimum Gasteiger partial charge on any atom is -0.444 e. The summed E-state index contributed by atoms with van der Waals surface area (Å²) in [6.45, 7) is 7.22. The highest BCUT2D eigenvalue weighted by molar-refractivity contribution is 9.10. The summed E-state index contributed by atoms with van der Waals surface area (Å²) in [5, 5.41) is 3.56. The summed E-state index contributed by atoms with van der Waals surface area (Å²) < 4.78 is 6.54. The zero-order valence-electron chi connectivity index (χ0n) is 13.6. The molecule has 4 nitrogen and oxygen atoms in total. The Hall–Kier alpha value is -1.23. The number of nitrogens with one attached hydrogen (secondary N) is 1. The lowest BCUT2D eigenvalue weighted by Gasteiger charge is -2.26. The molecule has 1 aromatic carbocycles. The van der Waals surface area contributed by atoms with Gasteiger partial charge in [-0.05, 0) is 64.3 Å². The van der Waals surface area contributed by atoms with Crippen molar-refractivity contribution in [1.82, 2.24) is 4.90 Å². The summed E-state index contributed by atoms with van der Waals surface area (Å²) in [4.78, 5) is 14.0. The number of benzene rings is 1. The summed E-state index contributed by atoms with van der Waals surface area (Å²) in [5.74, 6) is 0. The lowest BCUT2D eigenvalue weighted by atomic mass is 10.1. The maximum atomic E-state index is 12.1. The molecule has 1 heterocycles. The van der Waals surface area contributed by atoms with Crippen LogP contribution in [0.5, 0.6) is 0 Å². The molecule has 0 spiro atoms. The molecule has 2 rings (SSSR count). The van der Waals surface area contributed by atoms with Crippen LogP contribution in [0, 0.1) is 0 Å². The molecule has 5 heteroatoms. The van der Waals surface area contributed by atoms with Gasteiger partial charge in [-0.3, -0.25) is 0 Å². The van der Waals surface area contributed by atoms with Crippen molar-refractivity contribution in [3.05, 3.63) is 28.7 Å². The number of ether oxygens (including phenoxy) is 1. The van der Waals surface area contributed by atoms with Crippen molar-refractivity contribution >= 4 is 27.7 Å². The molecule has 1 fully saturated rings. The summed E-state index contributed by atoms with van der Waals surface area (Å²) in [6, 6.07) is 8.60. The highest BCUT2D eigenvalue weighted by Gasteiger charge is 2.25. The zero-order valence-corrected chi connectivity index (χ0v) is 15.1. The normalized spacial score (nSPS) is 19.5. The van der Waals surface area contributed by atoms with Gasteiger partial charge in [-0.25, -0.2) is 4.79 Å². The van der Waals surface area contributed by atoms with Crippen LogP contribution in [0.1, 0.15) is 40.0 Å². The summed E-state index contributed by atoms with van der Waals surface area (Å²) in [6.07, 6.45) is 2.80. The van der Waals surface area contributed by atoms with Crippen LogP contribution >= 0.6 is 15.9 Å². The Morgan fingerprint density at radius 2 is 1.91 bits per heavy atom. The SMILES string of the molecule is CC(C)(C)OC(=O)N1CCCC(Nc2ccc(Br)cc2)CC1. The van der Waals surface area contributed by atoms with E-state index in [0.29, 0.717) is 6.04 Å². The number of hydrogen-bond donors (Lipinski definition) is 1. The minimum atomic E-state index is -0.432. The first-order valence-electron chi connectivity index (χ1n) is 7.83. The maximum absolute atomic E-state index is 12.1. The van der Waals surface area contributed by atoms with Crippen LogP contribution in [0.2, 0.25) is 0 Å². The second-order valence-corrected chi connectivity index (χ2v) is 7.66. The Morgan fingerprint density at radius 1 is 1.23 bits per heavy atom. The lowest BCUT2D eigenvalue weighted by Crippen LogP contribution is -2.37. The molecule has 0 aromatic heterocycles. The third-order valence-electron chi connectivity index (χ3n) is 3.59. The highest BCUT2D eigenvalue weighted by atomic mass is 79.9. The Balaban J connectivity index is 1.87. The third kappa shape index (κ3) is 5.52. The molecule has 1 atom stereocenters. The van der Waals surface area contributed by atoms with E-state index in [4.69, 9.17) is 4.74 Å². The monoisotopic (exact) mass is 368 g/mol. The van der Waals surface area contributed by atoms with Crippen LogP contribution in [0.3, 0.4) is 0 Å². The van der Waals surface area contributed by atoms with Crippen molar-refractivity contribution in [1.29, 1.82) is 0 Å². The van der Waals surface area contributed by atoms with E-state index in [0.717, 1.165) is 42.5 Å². The van der Waals surface area contributed by atoms with Gasteiger partial charge >= 0.3 is 6.09 Å². The third-order valence-corrected chi connectivity index (χ3v) is 4.12. The van der Waals surface area contributed by atoms with Gasteiger partial charge in [-0.2, -0.15) is 0 Å². The van der Waals surface area contributed by atoms with Gasteiger partial charge in [-0.15, -0.1) is 0 Å². The van der Waals surface area contributed by atoms with Gasteiger partial charge in [0.15, 0.2) is 0 Å². The van der Waals surface area contributed by atoms with Crippen molar-refractivity contribution in [3.63, 3.8) is 0 Å². The average Bonchev–Trinajstić information content (AvgIpc) is 2.65.